The van der Waals surface area contributed by atoms with Crippen LogP contribution < -0.4 is 5.73 Å². The predicted molar refractivity (Wildman–Crippen MR) is 71.7 cm³/mol. The van der Waals surface area contributed by atoms with E-state index in [1.807, 2.05) is 12.1 Å². The first kappa shape index (κ1) is 16.0. The third kappa shape index (κ3) is 4.55. The van der Waals surface area contributed by atoms with Crippen LogP contribution in [0.3, 0.4) is 0 Å². The Labute approximate surface area is 119 Å². The van der Waals surface area contributed by atoms with Crippen molar-refractivity contribution in [2.24, 2.45) is 17.6 Å². The summed E-state index contributed by atoms with van der Waals surface area (Å²) in [5.74, 6) is -1.75. The van der Waals surface area contributed by atoms with Crippen LogP contribution in [-0.4, -0.2) is 29.8 Å². The monoisotopic (exact) mass is 276 g/mol. The largest absolute Gasteiger partial charge is 0.369 e. The van der Waals surface area contributed by atoms with Crippen molar-refractivity contribution in [2.75, 3.05) is 13.1 Å². The van der Waals surface area contributed by atoms with E-state index in [1.54, 1.807) is 0 Å². The van der Waals surface area contributed by atoms with Crippen molar-refractivity contribution < 1.29 is 9.59 Å². The van der Waals surface area contributed by atoms with E-state index in [2.05, 4.69) is 0 Å². The first-order chi connectivity index (χ1) is 9.60. The number of primary amides is 1. The van der Waals surface area contributed by atoms with E-state index in [9.17, 15) is 9.59 Å². The quantitative estimate of drug-likeness (QED) is 0.574. The average molecular weight is 276 g/mol. The second kappa shape index (κ2) is 8.16. The van der Waals surface area contributed by atoms with Crippen LogP contribution in [0.1, 0.15) is 38.5 Å². The van der Waals surface area contributed by atoms with E-state index in [0.29, 0.717) is 12.3 Å². The molecule has 20 heavy (non-hydrogen) atoms. The second-order valence-electron chi connectivity index (χ2n) is 5.21. The molecule has 1 unspecified atom stereocenters. The lowest BCUT2D eigenvalue weighted by atomic mass is 9.82. The maximum atomic E-state index is 12.3. The molecule has 0 aromatic carbocycles. The van der Waals surface area contributed by atoms with E-state index in [4.69, 9.17) is 16.3 Å². The van der Waals surface area contributed by atoms with Crippen LogP contribution in [0.25, 0.3) is 0 Å². The summed E-state index contributed by atoms with van der Waals surface area (Å²) in [6.45, 7) is -0.387. The molecule has 108 valence electrons. The summed E-state index contributed by atoms with van der Waals surface area (Å²) in [6, 6.07) is 3.67. The number of hydrogen-bond acceptors (Lipinski definition) is 4. The van der Waals surface area contributed by atoms with Crippen LogP contribution in [0.5, 0.6) is 0 Å². The summed E-state index contributed by atoms with van der Waals surface area (Å²) >= 11 is 0. The van der Waals surface area contributed by atoms with E-state index in [-0.39, 0.29) is 13.1 Å². The molecule has 0 aromatic heterocycles. The zero-order valence-corrected chi connectivity index (χ0v) is 11.5. The van der Waals surface area contributed by atoms with Gasteiger partial charge in [-0.05, 0) is 12.3 Å². The minimum atomic E-state index is -0.917. The minimum absolute atomic E-state index is 0.194. The van der Waals surface area contributed by atoms with E-state index in [1.165, 1.54) is 6.42 Å². The van der Waals surface area contributed by atoms with Gasteiger partial charge in [0.2, 0.25) is 11.8 Å². The summed E-state index contributed by atoms with van der Waals surface area (Å²) in [6.07, 6.45) is 5.87. The molecule has 1 rings (SSSR count). The highest BCUT2D eigenvalue weighted by atomic mass is 16.2. The third-order valence-electron chi connectivity index (χ3n) is 3.77. The van der Waals surface area contributed by atoms with E-state index < -0.39 is 17.7 Å². The molecule has 6 nitrogen and oxygen atoms in total. The molecule has 1 saturated carbocycles. The van der Waals surface area contributed by atoms with E-state index >= 15 is 0 Å². The molecule has 0 aromatic rings. The Hall–Kier alpha value is -2.08. The Bertz CT molecular complexity index is 413. The number of nitriles is 2. The first-order valence-corrected chi connectivity index (χ1v) is 6.92. The van der Waals surface area contributed by atoms with Crippen LogP contribution in [0.2, 0.25) is 0 Å². The maximum absolute atomic E-state index is 12.3. The summed E-state index contributed by atoms with van der Waals surface area (Å²) in [4.78, 5) is 24.9. The summed E-state index contributed by atoms with van der Waals surface area (Å²) < 4.78 is 0. The molecule has 0 spiro atoms. The Kier molecular flexibility index (Phi) is 6.52. The lowest BCUT2D eigenvalue weighted by molar-refractivity contribution is -0.141. The molecule has 0 bridgehead atoms. The van der Waals surface area contributed by atoms with Gasteiger partial charge in [-0.25, -0.2) is 0 Å². The summed E-state index contributed by atoms with van der Waals surface area (Å²) in [5.41, 5.74) is 5.33. The van der Waals surface area contributed by atoms with Crippen LogP contribution in [-0.2, 0) is 9.59 Å². The van der Waals surface area contributed by atoms with Crippen molar-refractivity contribution in [1.29, 1.82) is 10.5 Å². The Morgan fingerprint density at radius 1 is 1.15 bits per heavy atom. The lowest BCUT2D eigenvalue weighted by Crippen LogP contribution is -2.43. The van der Waals surface area contributed by atoms with Crippen molar-refractivity contribution in [3.63, 3.8) is 0 Å². The molecule has 1 aliphatic carbocycles. The van der Waals surface area contributed by atoms with Gasteiger partial charge in [-0.1, -0.05) is 32.1 Å². The van der Waals surface area contributed by atoms with Crippen LogP contribution in [0.4, 0.5) is 0 Å². The van der Waals surface area contributed by atoms with Gasteiger partial charge in [0.05, 0.1) is 12.1 Å². The Balaban J connectivity index is 2.73. The summed E-state index contributed by atoms with van der Waals surface area (Å²) in [5, 5.41) is 17.4. The molecule has 0 aliphatic heterocycles. The molecule has 2 amide bonds. The SMILES string of the molecule is N#CCN(CC#N)C(=O)C(CC1CCCCC1)C(N)=O. The van der Waals surface area contributed by atoms with Crippen molar-refractivity contribution in [3.05, 3.63) is 0 Å². The maximum Gasteiger partial charge on any atom is 0.236 e. The number of amides is 2. The highest BCUT2D eigenvalue weighted by Crippen LogP contribution is 2.29. The summed E-state index contributed by atoms with van der Waals surface area (Å²) in [7, 11) is 0. The van der Waals surface area contributed by atoms with Crippen LogP contribution in [0, 0.1) is 34.5 Å². The molecule has 1 aliphatic rings. The number of nitrogens with zero attached hydrogens (tertiary/aromatic N) is 3. The lowest BCUT2D eigenvalue weighted by Gasteiger charge is -2.27. The van der Waals surface area contributed by atoms with Crippen LogP contribution in [0.15, 0.2) is 0 Å². The predicted octanol–water partition coefficient (Wildman–Crippen LogP) is 0.934. The number of hydrogen-bond donors (Lipinski definition) is 1. The topological polar surface area (TPSA) is 111 Å². The van der Waals surface area contributed by atoms with Gasteiger partial charge in [-0.15, -0.1) is 0 Å². The third-order valence-corrected chi connectivity index (χ3v) is 3.77. The fourth-order valence-corrected chi connectivity index (χ4v) is 2.70. The molecule has 6 heteroatoms. The average Bonchev–Trinajstić information content (AvgIpc) is 2.44. The fourth-order valence-electron chi connectivity index (χ4n) is 2.70. The van der Waals surface area contributed by atoms with Gasteiger partial charge in [0, 0.05) is 0 Å². The van der Waals surface area contributed by atoms with Gasteiger partial charge in [-0.3, -0.25) is 9.59 Å². The highest BCUT2D eigenvalue weighted by Gasteiger charge is 2.31. The van der Waals surface area contributed by atoms with Gasteiger partial charge in [0.15, 0.2) is 0 Å². The number of carbonyl (C=O) groups is 2. The van der Waals surface area contributed by atoms with Crippen LogP contribution >= 0.6 is 0 Å². The van der Waals surface area contributed by atoms with E-state index in [0.717, 1.165) is 30.6 Å². The highest BCUT2D eigenvalue weighted by molar-refractivity contribution is 5.99. The van der Waals surface area contributed by atoms with Gasteiger partial charge in [0.25, 0.3) is 0 Å². The van der Waals surface area contributed by atoms with Crippen molar-refractivity contribution in [1.82, 2.24) is 4.90 Å². The van der Waals surface area contributed by atoms with Crippen molar-refractivity contribution in [2.45, 2.75) is 38.5 Å². The first-order valence-electron chi connectivity index (χ1n) is 6.92. The molecule has 0 heterocycles. The van der Waals surface area contributed by atoms with Gasteiger partial charge >= 0.3 is 0 Å². The van der Waals surface area contributed by atoms with Crippen molar-refractivity contribution in [3.8, 4) is 12.1 Å². The molecule has 1 fully saturated rings. The standard InChI is InChI=1S/C14H20N4O2/c15-6-8-18(9-7-16)14(20)12(13(17)19)10-11-4-2-1-3-5-11/h11-12H,1-5,8-10H2,(H2,17,19). The van der Waals surface area contributed by atoms with Gasteiger partial charge < -0.3 is 10.6 Å². The molecular weight excluding hydrogens is 256 g/mol. The smallest absolute Gasteiger partial charge is 0.236 e. The number of nitrogens with two attached hydrogens (primary N) is 1. The molecule has 0 radical (unpaired) electrons. The second-order valence-corrected chi connectivity index (χ2v) is 5.21. The molecule has 0 saturated heterocycles. The van der Waals surface area contributed by atoms with Crippen molar-refractivity contribution >= 4 is 11.8 Å². The molecule has 2 N–H and O–H groups in total. The zero-order chi connectivity index (χ0) is 15.0. The fraction of sp³-hybridized carbons (Fsp3) is 0.714. The number of rotatable bonds is 6. The van der Waals surface area contributed by atoms with Gasteiger partial charge in [0.1, 0.15) is 19.0 Å². The molecular formula is C14H20N4O2. The zero-order valence-electron chi connectivity index (χ0n) is 11.5. The molecule has 1 atom stereocenters. The minimum Gasteiger partial charge on any atom is -0.369 e. The Morgan fingerprint density at radius 3 is 2.15 bits per heavy atom. The normalized spacial score (nSPS) is 16.7. The number of carbonyl (C=O) groups excluding carboxylic acids is 2. The van der Waals surface area contributed by atoms with Gasteiger partial charge in [-0.2, -0.15) is 10.5 Å². The Morgan fingerprint density at radius 2 is 1.70 bits per heavy atom.